The molecule has 0 unspecified atom stereocenters. The molecule has 6 radical (unpaired) electrons. The minimum Gasteiger partial charge on any atom is -0.391 e. The van der Waals surface area contributed by atoms with Crippen LogP contribution in [-0.2, 0) is 0 Å². The van der Waals surface area contributed by atoms with Crippen LogP contribution in [0.5, 0.6) is 0 Å². The van der Waals surface area contributed by atoms with Gasteiger partial charge in [0.15, 0.2) is 0 Å². The van der Waals surface area contributed by atoms with E-state index in [-0.39, 0.29) is 0 Å². The first-order chi connectivity index (χ1) is 3.72. The van der Waals surface area contributed by atoms with Crippen molar-refractivity contribution in [2.45, 2.75) is 0 Å². The lowest BCUT2D eigenvalue weighted by Gasteiger charge is -2.07. The minimum atomic E-state index is -0.495. The van der Waals surface area contributed by atoms with Gasteiger partial charge in [-0.3, -0.25) is 0 Å². The van der Waals surface area contributed by atoms with E-state index < -0.39 is 5.92 Å². The van der Waals surface area contributed by atoms with Crippen LogP contribution in [0.4, 0.5) is 0 Å². The highest BCUT2D eigenvalue weighted by Crippen LogP contribution is 2.01. The van der Waals surface area contributed by atoms with Gasteiger partial charge in [-0.15, -0.1) is 0 Å². The Morgan fingerprint density at radius 3 is 2.12 bits per heavy atom. The van der Waals surface area contributed by atoms with Crippen molar-refractivity contribution < 1.29 is 0 Å². The molecule has 0 spiro atoms. The first-order valence-electron chi connectivity index (χ1n) is 2.33. The van der Waals surface area contributed by atoms with Crippen LogP contribution in [0.25, 0.3) is 0 Å². The molecule has 0 heterocycles. The zero-order chi connectivity index (χ0) is 6.57. The largest absolute Gasteiger partial charge is 0.391 e. The van der Waals surface area contributed by atoms with E-state index in [1.165, 1.54) is 6.08 Å². The molecule has 0 rings (SSSR count). The van der Waals surface area contributed by atoms with Crippen molar-refractivity contribution in [1.82, 2.24) is 5.32 Å². The van der Waals surface area contributed by atoms with Gasteiger partial charge >= 0.3 is 0 Å². The molecule has 0 fully saturated rings. The standard InChI is InChI=1S/C7H9N/c1-5-7(8-4)6(2)3/h1-3,5-6,8H,4H3/b7-5+. The molecule has 0 aromatic carbocycles. The summed E-state index contributed by atoms with van der Waals surface area (Å²) < 4.78 is 0. The highest BCUT2D eigenvalue weighted by atomic mass is 14.8. The van der Waals surface area contributed by atoms with E-state index in [0.717, 1.165) is 0 Å². The quantitative estimate of drug-likeness (QED) is 0.551. The van der Waals surface area contributed by atoms with Crippen molar-refractivity contribution in [3.05, 3.63) is 32.5 Å². The van der Waals surface area contributed by atoms with Crippen LogP contribution in [0.2, 0.25) is 0 Å². The third kappa shape index (κ3) is 2.01. The fourth-order valence-electron chi connectivity index (χ4n) is 0.361. The van der Waals surface area contributed by atoms with Crippen LogP contribution >= 0.6 is 0 Å². The third-order valence-electron chi connectivity index (χ3n) is 0.827. The van der Waals surface area contributed by atoms with E-state index in [2.05, 4.69) is 5.32 Å². The summed E-state index contributed by atoms with van der Waals surface area (Å²) in [6.07, 6.45) is 1.35. The van der Waals surface area contributed by atoms with Crippen LogP contribution in [0, 0.1) is 26.7 Å². The van der Waals surface area contributed by atoms with Crippen LogP contribution < -0.4 is 5.32 Å². The Balaban J connectivity index is 3.72. The van der Waals surface area contributed by atoms with Gasteiger partial charge in [0.05, 0.1) is 0 Å². The van der Waals surface area contributed by atoms with Crippen molar-refractivity contribution in [3.8, 4) is 0 Å². The Labute approximate surface area is 51.8 Å². The second-order valence-corrected chi connectivity index (χ2v) is 1.40. The molecule has 8 heavy (non-hydrogen) atoms. The summed E-state index contributed by atoms with van der Waals surface area (Å²) in [5, 5.41) is 2.74. The number of hydrogen-bond acceptors (Lipinski definition) is 1. The monoisotopic (exact) mass is 107 g/mol. The maximum Gasteiger partial charge on any atom is 0.0104 e. The van der Waals surface area contributed by atoms with E-state index in [1.807, 2.05) is 0 Å². The Morgan fingerprint density at radius 1 is 1.62 bits per heavy atom. The molecule has 0 aromatic rings. The summed E-state index contributed by atoms with van der Waals surface area (Å²) in [6, 6.07) is 0. The smallest absolute Gasteiger partial charge is 0.0104 e. The van der Waals surface area contributed by atoms with Gasteiger partial charge in [-0.05, 0) is 20.8 Å². The van der Waals surface area contributed by atoms with Crippen molar-refractivity contribution >= 4 is 0 Å². The summed E-state index contributed by atoms with van der Waals surface area (Å²) in [4.78, 5) is 0. The summed E-state index contributed by atoms with van der Waals surface area (Å²) >= 11 is 0. The first-order valence-corrected chi connectivity index (χ1v) is 2.33. The predicted octanol–water partition coefficient (Wildman–Crippen LogP) is 0.839. The SMILES string of the molecule is [CH]/C=C(/NC)C([CH])[CH]. The van der Waals surface area contributed by atoms with E-state index in [0.29, 0.717) is 5.70 Å². The zero-order valence-electron chi connectivity index (χ0n) is 4.89. The van der Waals surface area contributed by atoms with Crippen LogP contribution in [0.3, 0.4) is 0 Å². The van der Waals surface area contributed by atoms with Gasteiger partial charge in [0.25, 0.3) is 0 Å². The van der Waals surface area contributed by atoms with Gasteiger partial charge in [0, 0.05) is 18.7 Å². The highest BCUT2D eigenvalue weighted by molar-refractivity contribution is 5.07. The van der Waals surface area contributed by atoms with Crippen LogP contribution in [0.1, 0.15) is 0 Å². The summed E-state index contributed by atoms with van der Waals surface area (Å²) in [7, 11) is 1.71. The van der Waals surface area contributed by atoms with E-state index in [9.17, 15) is 0 Å². The summed E-state index contributed by atoms with van der Waals surface area (Å²) in [5.74, 6) is -0.495. The first kappa shape index (κ1) is 7.54. The molecular formula is C7H9N. The molecule has 0 aliphatic carbocycles. The molecule has 1 nitrogen and oxygen atoms in total. The maximum absolute atomic E-state index is 5.22. The van der Waals surface area contributed by atoms with E-state index >= 15 is 0 Å². The number of rotatable bonds is 2. The minimum absolute atomic E-state index is 0.495. The topological polar surface area (TPSA) is 12.0 Å². The van der Waals surface area contributed by atoms with Crippen molar-refractivity contribution in [3.63, 3.8) is 0 Å². The van der Waals surface area contributed by atoms with Crippen molar-refractivity contribution in [1.29, 1.82) is 0 Å². The lowest BCUT2D eigenvalue weighted by molar-refractivity contribution is 0.822. The lowest BCUT2D eigenvalue weighted by Crippen LogP contribution is -2.11. The van der Waals surface area contributed by atoms with Gasteiger partial charge in [-0.25, -0.2) is 0 Å². The van der Waals surface area contributed by atoms with Crippen molar-refractivity contribution in [2.24, 2.45) is 5.92 Å². The summed E-state index contributed by atoms with van der Waals surface area (Å²) in [6.45, 7) is 15.5. The number of allylic oxidation sites excluding steroid dienone is 2. The van der Waals surface area contributed by atoms with Gasteiger partial charge < -0.3 is 5.32 Å². The van der Waals surface area contributed by atoms with E-state index in [1.54, 1.807) is 7.05 Å². The third-order valence-corrected chi connectivity index (χ3v) is 0.827. The molecule has 0 saturated heterocycles. The molecule has 0 atom stereocenters. The molecule has 1 N–H and O–H groups in total. The van der Waals surface area contributed by atoms with Gasteiger partial charge in [0.1, 0.15) is 0 Å². The molecule has 1 heteroatoms. The van der Waals surface area contributed by atoms with E-state index in [4.69, 9.17) is 20.8 Å². The summed E-state index contributed by atoms with van der Waals surface area (Å²) in [5.41, 5.74) is 0.644. The number of hydrogen-bond donors (Lipinski definition) is 1. The maximum atomic E-state index is 5.22. The lowest BCUT2D eigenvalue weighted by atomic mass is 10.1. The molecule has 0 amide bonds. The molecule has 42 valence electrons. The molecule has 0 aromatic heterocycles. The second-order valence-electron chi connectivity index (χ2n) is 1.40. The molecule has 0 bridgehead atoms. The van der Waals surface area contributed by atoms with Crippen LogP contribution in [0.15, 0.2) is 11.8 Å². The fraction of sp³-hybridized carbons (Fsp3) is 0.286. The normalized spacial score (nSPS) is 12.4. The molecule has 0 aliphatic heterocycles. The zero-order valence-corrected chi connectivity index (χ0v) is 4.89. The average Bonchev–Trinajstić information content (AvgIpc) is 1.69. The molecule has 0 aliphatic rings. The average molecular weight is 107 g/mol. The van der Waals surface area contributed by atoms with Gasteiger partial charge in [-0.2, -0.15) is 0 Å². The van der Waals surface area contributed by atoms with Crippen LogP contribution in [-0.4, -0.2) is 7.05 Å². The Kier molecular flexibility index (Phi) is 3.33. The Morgan fingerprint density at radius 2 is 2.12 bits per heavy atom. The van der Waals surface area contributed by atoms with Gasteiger partial charge in [0.2, 0.25) is 0 Å². The molecular weight excluding hydrogens is 98.1 g/mol. The Hall–Kier alpha value is -0.460. The van der Waals surface area contributed by atoms with Gasteiger partial charge in [-0.1, -0.05) is 6.08 Å². The predicted molar refractivity (Wildman–Crippen MR) is 33.5 cm³/mol. The number of nitrogens with one attached hydrogen (secondary N) is 1. The molecule has 0 saturated carbocycles. The second kappa shape index (κ2) is 3.53. The fourth-order valence-corrected chi connectivity index (χ4v) is 0.361. The highest BCUT2D eigenvalue weighted by Gasteiger charge is 1.96. The Bertz CT molecular complexity index is 82.4. The van der Waals surface area contributed by atoms with Crippen molar-refractivity contribution in [2.75, 3.05) is 7.05 Å².